The van der Waals surface area contributed by atoms with E-state index in [0.29, 0.717) is 11.0 Å². The Morgan fingerprint density at radius 3 is 2.27 bits per heavy atom. The standard InChI is InChI=1S/C14H13F2NO3S2/c1-21(18)10-4-6-14(17-22(2,19)20)12(8-10)11-5-3-9(15)7-13(11)16/h3-8,17H,1-2H3. The minimum atomic E-state index is -3.58. The van der Waals surface area contributed by atoms with Crippen molar-refractivity contribution in [2.45, 2.75) is 4.90 Å². The third kappa shape index (κ3) is 3.89. The van der Waals surface area contributed by atoms with Gasteiger partial charge in [-0.25, -0.2) is 17.2 Å². The summed E-state index contributed by atoms with van der Waals surface area (Å²) >= 11 is 0. The van der Waals surface area contributed by atoms with Gasteiger partial charge in [0.2, 0.25) is 10.0 Å². The van der Waals surface area contributed by atoms with Crippen molar-refractivity contribution in [1.82, 2.24) is 0 Å². The molecule has 1 N–H and O–H groups in total. The Morgan fingerprint density at radius 2 is 1.73 bits per heavy atom. The Bertz CT molecular complexity index is 851. The monoisotopic (exact) mass is 345 g/mol. The molecule has 0 aliphatic rings. The molecule has 0 bridgehead atoms. The van der Waals surface area contributed by atoms with E-state index >= 15 is 0 Å². The van der Waals surface area contributed by atoms with E-state index in [4.69, 9.17) is 0 Å². The number of benzene rings is 2. The lowest BCUT2D eigenvalue weighted by Gasteiger charge is -2.13. The Balaban J connectivity index is 2.68. The SMILES string of the molecule is CS(=O)c1ccc(NS(C)(=O)=O)c(-c2ccc(F)cc2F)c1. The van der Waals surface area contributed by atoms with E-state index in [9.17, 15) is 21.4 Å². The predicted molar refractivity (Wildman–Crippen MR) is 82.6 cm³/mol. The molecule has 0 heterocycles. The van der Waals surface area contributed by atoms with Crippen molar-refractivity contribution in [1.29, 1.82) is 0 Å². The van der Waals surface area contributed by atoms with Gasteiger partial charge in [0.1, 0.15) is 11.6 Å². The number of rotatable bonds is 4. The normalized spacial score (nSPS) is 12.9. The van der Waals surface area contributed by atoms with E-state index < -0.39 is 32.5 Å². The van der Waals surface area contributed by atoms with Gasteiger partial charge in [-0.05, 0) is 30.3 Å². The first kappa shape index (κ1) is 16.6. The van der Waals surface area contributed by atoms with Crippen molar-refractivity contribution in [2.24, 2.45) is 0 Å². The van der Waals surface area contributed by atoms with Crippen LogP contribution in [0.5, 0.6) is 0 Å². The van der Waals surface area contributed by atoms with Crippen LogP contribution in [0.2, 0.25) is 0 Å². The summed E-state index contributed by atoms with van der Waals surface area (Å²) < 4.78 is 63.7. The summed E-state index contributed by atoms with van der Waals surface area (Å²) in [5.74, 6) is -1.58. The Morgan fingerprint density at radius 1 is 1.05 bits per heavy atom. The van der Waals surface area contributed by atoms with Crippen molar-refractivity contribution in [2.75, 3.05) is 17.2 Å². The number of hydrogen-bond donors (Lipinski definition) is 1. The fourth-order valence-corrected chi connectivity index (χ4v) is 3.04. The van der Waals surface area contributed by atoms with Gasteiger partial charge in [-0.3, -0.25) is 8.93 Å². The first-order valence-corrected chi connectivity index (χ1v) is 9.53. The highest BCUT2D eigenvalue weighted by atomic mass is 32.2. The highest BCUT2D eigenvalue weighted by molar-refractivity contribution is 7.92. The molecule has 2 aromatic rings. The molecule has 1 unspecified atom stereocenters. The molecular weight excluding hydrogens is 332 g/mol. The van der Waals surface area contributed by atoms with Crippen LogP contribution >= 0.6 is 0 Å². The Hall–Kier alpha value is -1.80. The van der Waals surface area contributed by atoms with Crippen LogP contribution in [0.15, 0.2) is 41.3 Å². The van der Waals surface area contributed by atoms with Gasteiger partial charge in [0.05, 0.1) is 11.9 Å². The third-order valence-electron chi connectivity index (χ3n) is 2.84. The van der Waals surface area contributed by atoms with Gasteiger partial charge in [-0.15, -0.1) is 0 Å². The number of sulfonamides is 1. The molecule has 22 heavy (non-hydrogen) atoms. The van der Waals surface area contributed by atoms with Crippen LogP contribution in [0.3, 0.4) is 0 Å². The summed E-state index contributed by atoms with van der Waals surface area (Å²) in [6.45, 7) is 0. The molecule has 0 saturated carbocycles. The lowest BCUT2D eigenvalue weighted by Crippen LogP contribution is -2.11. The summed E-state index contributed by atoms with van der Waals surface area (Å²) in [4.78, 5) is 0.401. The molecular formula is C14H13F2NO3S2. The van der Waals surface area contributed by atoms with Gasteiger partial charge in [0, 0.05) is 39.1 Å². The summed E-state index contributed by atoms with van der Waals surface area (Å²) in [5, 5.41) is 0. The molecule has 2 rings (SSSR count). The van der Waals surface area contributed by atoms with E-state index in [2.05, 4.69) is 4.72 Å². The lowest BCUT2D eigenvalue weighted by molar-refractivity contribution is 0.585. The van der Waals surface area contributed by atoms with Gasteiger partial charge < -0.3 is 0 Å². The zero-order valence-electron chi connectivity index (χ0n) is 11.8. The van der Waals surface area contributed by atoms with Crippen LogP contribution in [0.1, 0.15) is 0 Å². The third-order valence-corrected chi connectivity index (χ3v) is 4.35. The molecule has 8 heteroatoms. The summed E-state index contributed by atoms with van der Waals surface area (Å²) in [5.41, 5.74) is 0.331. The molecule has 0 fully saturated rings. The largest absolute Gasteiger partial charge is 0.283 e. The minimum Gasteiger partial charge on any atom is -0.283 e. The molecule has 2 aromatic carbocycles. The average Bonchev–Trinajstić information content (AvgIpc) is 2.37. The zero-order valence-corrected chi connectivity index (χ0v) is 13.4. The number of hydrogen-bond acceptors (Lipinski definition) is 3. The maximum Gasteiger partial charge on any atom is 0.229 e. The average molecular weight is 345 g/mol. The van der Waals surface area contributed by atoms with Crippen molar-refractivity contribution >= 4 is 26.5 Å². The van der Waals surface area contributed by atoms with Crippen LogP contribution < -0.4 is 4.72 Å². The lowest BCUT2D eigenvalue weighted by atomic mass is 10.0. The van der Waals surface area contributed by atoms with E-state index in [1.54, 1.807) is 0 Å². The van der Waals surface area contributed by atoms with Crippen molar-refractivity contribution < 1.29 is 21.4 Å². The fraction of sp³-hybridized carbons (Fsp3) is 0.143. The van der Waals surface area contributed by atoms with Gasteiger partial charge in [0.25, 0.3) is 0 Å². The molecule has 0 aliphatic carbocycles. The second kappa shape index (κ2) is 6.13. The van der Waals surface area contributed by atoms with E-state index in [0.717, 1.165) is 12.3 Å². The summed E-state index contributed by atoms with van der Waals surface area (Å²) in [7, 11) is -4.91. The maximum absolute atomic E-state index is 14.0. The highest BCUT2D eigenvalue weighted by Crippen LogP contribution is 2.32. The molecule has 0 aliphatic heterocycles. The maximum atomic E-state index is 14.0. The quantitative estimate of drug-likeness (QED) is 0.927. The van der Waals surface area contributed by atoms with Crippen LogP contribution in [0.4, 0.5) is 14.5 Å². The fourth-order valence-electron chi connectivity index (χ4n) is 1.92. The van der Waals surface area contributed by atoms with Crippen molar-refractivity contribution in [3.8, 4) is 11.1 Å². The van der Waals surface area contributed by atoms with Crippen LogP contribution in [-0.2, 0) is 20.8 Å². The summed E-state index contributed by atoms with van der Waals surface area (Å²) in [6, 6.07) is 7.27. The highest BCUT2D eigenvalue weighted by Gasteiger charge is 2.15. The molecule has 0 radical (unpaired) electrons. The summed E-state index contributed by atoms with van der Waals surface area (Å²) in [6.07, 6.45) is 2.41. The van der Waals surface area contributed by atoms with Gasteiger partial charge in [-0.2, -0.15) is 0 Å². The van der Waals surface area contributed by atoms with Crippen LogP contribution in [-0.4, -0.2) is 25.1 Å². The molecule has 0 amide bonds. The molecule has 0 saturated heterocycles. The van der Waals surface area contributed by atoms with Gasteiger partial charge in [-0.1, -0.05) is 0 Å². The molecule has 118 valence electrons. The Kier molecular flexibility index (Phi) is 4.62. The van der Waals surface area contributed by atoms with Crippen molar-refractivity contribution in [3.05, 3.63) is 48.0 Å². The van der Waals surface area contributed by atoms with Crippen LogP contribution in [0.25, 0.3) is 11.1 Å². The number of nitrogens with one attached hydrogen (secondary N) is 1. The number of anilines is 1. The number of halogens is 2. The van der Waals surface area contributed by atoms with E-state index in [1.807, 2.05) is 0 Å². The van der Waals surface area contributed by atoms with E-state index in [-0.39, 0.29) is 16.8 Å². The van der Waals surface area contributed by atoms with Crippen molar-refractivity contribution in [3.63, 3.8) is 0 Å². The first-order chi connectivity index (χ1) is 10.2. The van der Waals surface area contributed by atoms with Crippen LogP contribution in [0, 0.1) is 11.6 Å². The smallest absolute Gasteiger partial charge is 0.229 e. The Labute approximate surface area is 129 Å². The molecule has 0 spiro atoms. The second-order valence-corrected chi connectivity index (χ2v) is 7.79. The zero-order chi connectivity index (χ0) is 16.5. The van der Waals surface area contributed by atoms with Gasteiger partial charge >= 0.3 is 0 Å². The van der Waals surface area contributed by atoms with Gasteiger partial charge in [0.15, 0.2) is 0 Å². The minimum absolute atomic E-state index is 0.0138. The topological polar surface area (TPSA) is 63.2 Å². The molecule has 1 atom stereocenters. The second-order valence-electron chi connectivity index (χ2n) is 4.66. The predicted octanol–water partition coefficient (Wildman–Crippen LogP) is 2.74. The molecule has 4 nitrogen and oxygen atoms in total. The first-order valence-electron chi connectivity index (χ1n) is 6.08. The molecule has 0 aromatic heterocycles. The van der Waals surface area contributed by atoms with E-state index in [1.165, 1.54) is 30.5 Å².